The number of hydrogen-bond donors (Lipinski definition) is 1. The highest BCUT2D eigenvalue weighted by Gasteiger charge is 2.34. The summed E-state index contributed by atoms with van der Waals surface area (Å²) in [6, 6.07) is 21.6. The van der Waals surface area contributed by atoms with E-state index in [9.17, 15) is 9.59 Å². The number of ether oxygens (including phenoxy) is 1. The molecule has 1 atom stereocenters. The molecule has 4 rings (SSSR count). The standard InChI is InChI=1S/C23H19ClN2O3/c1-2-29-23(28)16-9-13-18(14-10-16)26-21(15-7-11-17(24)12-8-15)25-20-6-4-3-5-19(20)22(26)27/h3-14,21,25H,2H2,1H3/t21-/m1/s1. The molecule has 0 aliphatic carbocycles. The van der Waals surface area contributed by atoms with Gasteiger partial charge in [-0.3, -0.25) is 9.69 Å². The minimum absolute atomic E-state index is 0.122. The Hall–Kier alpha value is -3.31. The van der Waals surface area contributed by atoms with Gasteiger partial charge in [-0.25, -0.2) is 4.79 Å². The average molecular weight is 407 g/mol. The minimum Gasteiger partial charge on any atom is -0.462 e. The van der Waals surface area contributed by atoms with Crippen molar-refractivity contribution < 1.29 is 14.3 Å². The molecule has 0 saturated carbocycles. The van der Waals surface area contributed by atoms with Gasteiger partial charge in [-0.15, -0.1) is 0 Å². The molecule has 0 radical (unpaired) electrons. The summed E-state index contributed by atoms with van der Waals surface area (Å²) < 4.78 is 5.04. The summed E-state index contributed by atoms with van der Waals surface area (Å²) in [5.41, 5.74) is 3.37. The van der Waals surface area contributed by atoms with E-state index in [0.717, 1.165) is 11.3 Å². The summed E-state index contributed by atoms with van der Waals surface area (Å²) in [5.74, 6) is -0.509. The number of esters is 1. The molecule has 146 valence electrons. The van der Waals surface area contributed by atoms with Crippen LogP contribution in [0.1, 0.15) is 39.4 Å². The number of anilines is 2. The third-order valence-corrected chi connectivity index (χ3v) is 5.02. The van der Waals surface area contributed by atoms with E-state index in [1.54, 1.807) is 54.3 Å². The summed E-state index contributed by atoms with van der Waals surface area (Å²) in [7, 11) is 0. The Morgan fingerprint density at radius 2 is 1.72 bits per heavy atom. The van der Waals surface area contributed by atoms with Crippen LogP contribution in [0, 0.1) is 0 Å². The van der Waals surface area contributed by atoms with E-state index in [1.165, 1.54) is 0 Å². The molecule has 1 heterocycles. The zero-order valence-corrected chi connectivity index (χ0v) is 16.5. The summed E-state index contributed by atoms with van der Waals surface area (Å²) in [4.78, 5) is 27.0. The van der Waals surface area contributed by atoms with Crippen molar-refractivity contribution >= 4 is 34.9 Å². The first kappa shape index (κ1) is 19.0. The number of benzene rings is 3. The number of para-hydroxylation sites is 1. The van der Waals surface area contributed by atoms with E-state index in [0.29, 0.717) is 28.4 Å². The predicted octanol–water partition coefficient (Wildman–Crippen LogP) is 5.29. The molecule has 0 spiro atoms. The van der Waals surface area contributed by atoms with Gasteiger partial charge in [0.05, 0.1) is 17.7 Å². The van der Waals surface area contributed by atoms with Gasteiger partial charge in [0, 0.05) is 16.4 Å². The van der Waals surface area contributed by atoms with Crippen molar-refractivity contribution in [2.45, 2.75) is 13.1 Å². The van der Waals surface area contributed by atoms with E-state index in [2.05, 4.69) is 5.32 Å². The van der Waals surface area contributed by atoms with Gasteiger partial charge in [-0.1, -0.05) is 35.9 Å². The van der Waals surface area contributed by atoms with Gasteiger partial charge in [0.15, 0.2) is 0 Å². The topological polar surface area (TPSA) is 58.6 Å². The van der Waals surface area contributed by atoms with Gasteiger partial charge in [-0.05, 0) is 61.0 Å². The Kier molecular flexibility index (Phi) is 5.23. The molecular weight excluding hydrogens is 388 g/mol. The highest BCUT2D eigenvalue weighted by Crippen LogP contribution is 2.36. The number of rotatable bonds is 4. The van der Waals surface area contributed by atoms with Gasteiger partial charge in [0.2, 0.25) is 0 Å². The van der Waals surface area contributed by atoms with Crippen molar-refractivity contribution in [3.8, 4) is 0 Å². The Labute approximate surface area is 173 Å². The lowest BCUT2D eigenvalue weighted by Crippen LogP contribution is -2.43. The number of fused-ring (bicyclic) bond motifs is 1. The van der Waals surface area contributed by atoms with Gasteiger partial charge >= 0.3 is 5.97 Å². The monoisotopic (exact) mass is 406 g/mol. The molecule has 0 bridgehead atoms. The molecule has 1 amide bonds. The number of carbonyl (C=O) groups excluding carboxylic acids is 2. The van der Waals surface area contributed by atoms with Crippen LogP contribution < -0.4 is 10.2 Å². The zero-order valence-electron chi connectivity index (χ0n) is 15.8. The number of nitrogens with one attached hydrogen (secondary N) is 1. The second kappa shape index (κ2) is 7.97. The van der Waals surface area contributed by atoms with Crippen LogP contribution in [0.2, 0.25) is 5.02 Å². The predicted molar refractivity (Wildman–Crippen MR) is 113 cm³/mol. The lowest BCUT2D eigenvalue weighted by molar-refractivity contribution is 0.0526. The number of carbonyl (C=O) groups is 2. The van der Waals surface area contributed by atoms with Gasteiger partial charge < -0.3 is 10.1 Å². The molecule has 5 nitrogen and oxygen atoms in total. The summed E-state index contributed by atoms with van der Waals surface area (Å²) in [5, 5.41) is 4.07. The molecule has 6 heteroatoms. The molecule has 29 heavy (non-hydrogen) atoms. The highest BCUT2D eigenvalue weighted by atomic mass is 35.5. The first-order valence-electron chi connectivity index (χ1n) is 9.30. The van der Waals surface area contributed by atoms with E-state index in [1.807, 2.05) is 30.3 Å². The maximum atomic E-state index is 13.4. The molecule has 0 fully saturated rings. The molecule has 0 aromatic heterocycles. The molecule has 3 aromatic carbocycles. The van der Waals surface area contributed by atoms with Crippen molar-refractivity contribution in [1.82, 2.24) is 0 Å². The Balaban J connectivity index is 1.76. The number of amides is 1. The van der Waals surface area contributed by atoms with Crippen molar-refractivity contribution in [1.29, 1.82) is 0 Å². The fourth-order valence-electron chi connectivity index (χ4n) is 3.37. The molecule has 0 unspecified atom stereocenters. The van der Waals surface area contributed by atoms with E-state index in [-0.39, 0.29) is 11.9 Å². The molecule has 1 aliphatic heterocycles. The van der Waals surface area contributed by atoms with Crippen molar-refractivity contribution in [2.75, 3.05) is 16.8 Å². The molecule has 1 N–H and O–H groups in total. The van der Waals surface area contributed by atoms with Crippen molar-refractivity contribution in [2.24, 2.45) is 0 Å². The fraction of sp³-hybridized carbons (Fsp3) is 0.130. The molecule has 1 aliphatic rings. The van der Waals surface area contributed by atoms with Gasteiger partial charge in [0.1, 0.15) is 6.17 Å². The quantitative estimate of drug-likeness (QED) is 0.598. The second-order valence-electron chi connectivity index (χ2n) is 6.59. The van der Waals surface area contributed by atoms with Crippen molar-refractivity contribution in [3.05, 3.63) is 94.5 Å². The van der Waals surface area contributed by atoms with Crippen LogP contribution in [0.3, 0.4) is 0 Å². The van der Waals surface area contributed by atoms with Crippen LogP contribution in [0.5, 0.6) is 0 Å². The van der Waals surface area contributed by atoms with Crippen molar-refractivity contribution in [3.63, 3.8) is 0 Å². The Bertz CT molecular complexity index is 1050. The lowest BCUT2D eigenvalue weighted by atomic mass is 10.0. The summed E-state index contributed by atoms with van der Waals surface area (Å²) in [6.45, 7) is 2.07. The first-order valence-corrected chi connectivity index (χ1v) is 9.68. The Morgan fingerprint density at radius 3 is 2.41 bits per heavy atom. The normalized spacial score (nSPS) is 15.4. The van der Waals surface area contributed by atoms with E-state index < -0.39 is 6.17 Å². The van der Waals surface area contributed by atoms with Crippen LogP contribution in [-0.4, -0.2) is 18.5 Å². The molecule has 0 saturated heterocycles. The smallest absolute Gasteiger partial charge is 0.338 e. The number of hydrogen-bond acceptors (Lipinski definition) is 4. The van der Waals surface area contributed by atoms with Gasteiger partial charge in [0.25, 0.3) is 5.91 Å². The third-order valence-electron chi connectivity index (χ3n) is 4.77. The number of nitrogens with zero attached hydrogens (tertiary/aromatic N) is 1. The van der Waals surface area contributed by atoms with Gasteiger partial charge in [-0.2, -0.15) is 0 Å². The second-order valence-corrected chi connectivity index (χ2v) is 7.02. The maximum Gasteiger partial charge on any atom is 0.338 e. The highest BCUT2D eigenvalue weighted by molar-refractivity contribution is 6.30. The average Bonchev–Trinajstić information content (AvgIpc) is 2.75. The lowest BCUT2D eigenvalue weighted by Gasteiger charge is -2.38. The Morgan fingerprint density at radius 1 is 1.03 bits per heavy atom. The number of halogens is 1. The zero-order chi connectivity index (χ0) is 20.4. The SMILES string of the molecule is CCOC(=O)c1ccc(N2C(=O)c3ccccc3N[C@H]2c2ccc(Cl)cc2)cc1. The van der Waals surface area contributed by atoms with E-state index in [4.69, 9.17) is 16.3 Å². The summed E-state index contributed by atoms with van der Waals surface area (Å²) in [6.07, 6.45) is -0.414. The van der Waals surface area contributed by atoms with Crippen LogP contribution >= 0.6 is 11.6 Å². The largest absolute Gasteiger partial charge is 0.462 e. The fourth-order valence-corrected chi connectivity index (χ4v) is 3.50. The molecular formula is C23H19ClN2O3. The van der Waals surface area contributed by atoms with Crippen LogP contribution in [0.4, 0.5) is 11.4 Å². The molecule has 3 aromatic rings. The summed E-state index contributed by atoms with van der Waals surface area (Å²) >= 11 is 6.04. The maximum absolute atomic E-state index is 13.4. The van der Waals surface area contributed by atoms with Crippen LogP contribution in [0.15, 0.2) is 72.8 Å². The third kappa shape index (κ3) is 3.69. The minimum atomic E-state index is -0.414. The van der Waals surface area contributed by atoms with Crippen LogP contribution in [-0.2, 0) is 4.74 Å². The first-order chi connectivity index (χ1) is 14.1. The van der Waals surface area contributed by atoms with E-state index >= 15 is 0 Å². The van der Waals surface area contributed by atoms with Crippen LogP contribution in [0.25, 0.3) is 0 Å².